The zero-order valence-corrected chi connectivity index (χ0v) is 14.3. The summed E-state index contributed by atoms with van der Waals surface area (Å²) in [4.78, 5) is 38.8. The Bertz CT molecular complexity index is 357. The van der Waals surface area contributed by atoms with Gasteiger partial charge in [-0.15, -0.1) is 0 Å². The number of nitrogens with zero attached hydrogens (tertiary/aromatic N) is 2. The van der Waals surface area contributed by atoms with Gasteiger partial charge in [-0.05, 0) is 26.7 Å². The second-order valence-electron chi connectivity index (χ2n) is 5.00. The standard InChI is InChI=1S/C15H30N4O3/c1-5-9-16-13(20)12-19(10-6-2)15(22)17-11-14(21)18(7-3)8-4/h5-12H2,1-4H3,(H,16,20)(H,17,22). The van der Waals surface area contributed by atoms with Crippen LogP contribution in [0.4, 0.5) is 4.79 Å². The lowest BCUT2D eigenvalue weighted by Crippen LogP contribution is -2.48. The highest BCUT2D eigenvalue weighted by Gasteiger charge is 2.18. The highest BCUT2D eigenvalue weighted by molar-refractivity contribution is 5.87. The molecule has 0 aromatic carbocycles. The van der Waals surface area contributed by atoms with Crippen LogP contribution in [0.1, 0.15) is 40.5 Å². The van der Waals surface area contributed by atoms with E-state index in [-0.39, 0.29) is 30.9 Å². The molecule has 0 saturated heterocycles. The second kappa shape index (κ2) is 11.8. The molecule has 0 aromatic rings. The number of carbonyl (C=O) groups excluding carboxylic acids is 3. The maximum absolute atomic E-state index is 12.1. The van der Waals surface area contributed by atoms with Gasteiger partial charge in [-0.2, -0.15) is 0 Å². The van der Waals surface area contributed by atoms with Gasteiger partial charge in [0.2, 0.25) is 11.8 Å². The smallest absolute Gasteiger partial charge is 0.318 e. The molecule has 4 amide bonds. The number of nitrogens with one attached hydrogen (secondary N) is 2. The molecule has 0 bridgehead atoms. The van der Waals surface area contributed by atoms with Crippen molar-refractivity contribution in [1.29, 1.82) is 0 Å². The van der Waals surface area contributed by atoms with E-state index in [0.29, 0.717) is 26.2 Å². The topological polar surface area (TPSA) is 81.8 Å². The number of hydrogen-bond acceptors (Lipinski definition) is 3. The van der Waals surface area contributed by atoms with E-state index in [2.05, 4.69) is 10.6 Å². The Labute approximate surface area is 133 Å². The molecule has 0 aliphatic rings. The molecule has 7 heteroatoms. The minimum absolute atomic E-state index is 0.0130. The van der Waals surface area contributed by atoms with Crippen molar-refractivity contribution in [1.82, 2.24) is 20.4 Å². The SMILES string of the molecule is CCCNC(=O)CN(CCC)C(=O)NCC(=O)N(CC)CC. The zero-order valence-electron chi connectivity index (χ0n) is 14.3. The number of urea groups is 1. The highest BCUT2D eigenvalue weighted by Crippen LogP contribution is 1.94. The van der Waals surface area contributed by atoms with E-state index in [4.69, 9.17) is 0 Å². The first-order valence-electron chi connectivity index (χ1n) is 8.07. The van der Waals surface area contributed by atoms with Crippen molar-refractivity contribution in [2.45, 2.75) is 40.5 Å². The Morgan fingerprint density at radius 2 is 1.50 bits per heavy atom. The molecule has 0 aliphatic carbocycles. The molecule has 0 atom stereocenters. The van der Waals surface area contributed by atoms with Crippen molar-refractivity contribution in [3.05, 3.63) is 0 Å². The highest BCUT2D eigenvalue weighted by atomic mass is 16.2. The molecule has 0 aromatic heterocycles. The summed E-state index contributed by atoms with van der Waals surface area (Å²) >= 11 is 0. The Morgan fingerprint density at radius 1 is 0.864 bits per heavy atom. The fourth-order valence-corrected chi connectivity index (χ4v) is 1.97. The fourth-order valence-electron chi connectivity index (χ4n) is 1.97. The molecular weight excluding hydrogens is 284 g/mol. The van der Waals surface area contributed by atoms with Crippen LogP contribution in [-0.2, 0) is 9.59 Å². The molecule has 0 heterocycles. The van der Waals surface area contributed by atoms with Gasteiger partial charge in [0.25, 0.3) is 0 Å². The molecule has 2 N–H and O–H groups in total. The quantitative estimate of drug-likeness (QED) is 0.626. The first-order valence-corrected chi connectivity index (χ1v) is 8.07. The van der Waals surface area contributed by atoms with E-state index in [0.717, 1.165) is 12.8 Å². The van der Waals surface area contributed by atoms with Crippen LogP contribution in [0.15, 0.2) is 0 Å². The van der Waals surface area contributed by atoms with E-state index < -0.39 is 0 Å². The van der Waals surface area contributed by atoms with Crippen molar-refractivity contribution in [3.63, 3.8) is 0 Å². The first kappa shape index (κ1) is 20.2. The lowest BCUT2D eigenvalue weighted by Gasteiger charge is -2.23. The first-order chi connectivity index (χ1) is 10.5. The van der Waals surface area contributed by atoms with Crippen LogP contribution in [0.2, 0.25) is 0 Å². The van der Waals surface area contributed by atoms with Crippen LogP contribution in [0, 0.1) is 0 Å². The summed E-state index contributed by atoms with van der Waals surface area (Å²) in [5.74, 6) is -0.300. The predicted molar refractivity (Wildman–Crippen MR) is 86.5 cm³/mol. The number of likely N-dealkylation sites (N-methyl/N-ethyl adjacent to an activating group) is 1. The van der Waals surface area contributed by atoms with E-state index in [1.54, 1.807) is 4.90 Å². The minimum Gasteiger partial charge on any atom is -0.355 e. The van der Waals surface area contributed by atoms with Crippen LogP contribution in [-0.4, -0.2) is 66.9 Å². The van der Waals surface area contributed by atoms with Crippen LogP contribution in [0.5, 0.6) is 0 Å². The van der Waals surface area contributed by atoms with Gasteiger partial charge < -0.3 is 20.4 Å². The number of amides is 4. The van der Waals surface area contributed by atoms with Crippen LogP contribution in [0.3, 0.4) is 0 Å². The number of carbonyl (C=O) groups is 3. The molecule has 128 valence electrons. The summed E-state index contributed by atoms with van der Waals surface area (Å²) in [6, 6.07) is -0.381. The molecular formula is C15H30N4O3. The van der Waals surface area contributed by atoms with Gasteiger partial charge in [-0.25, -0.2) is 4.79 Å². The Morgan fingerprint density at radius 3 is 2.00 bits per heavy atom. The van der Waals surface area contributed by atoms with E-state index in [1.807, 2.05) is 27.7 Å². The maximum atomic E-state index is 12.1. The van der Waals surface area contributed by atoms with Gasteiger partial charge in [0, 0.05) is 26.2 Å². The zero-order chi connectivity index (χ0) is 17.0. The van der Waals surface area contributed by atoms with Gasteiger partial charge in [-0.3, -0.25) is 9.59 Å². The van der Waals surface area contributed by atoms with Crippen molar-refractivity contribution < 1.29 is 14.4 Å². The monoisotopic (exact) mass is 314 g/mol. The van der Waals surface area contributed by atoms with E-state index in [9.17, 15) is 14.4 Å². The molecule has 0 fully saturated rings. The molecule has 7 nitrogen and oxygen atoms in total. The largest absolute Gasteiger partial charge is 0.355 e. The fraction of sp³-hybridized carbons (Fsp3) is 0.800. The van der Waals surface area contributed by atoms with Crippen molar-refractivity contribution >= 4 is 17.8 Å². The molecule has 0 radical (unpaired) electrons. The van der Waals surface area contributed by atoms with Crippen molar-refractivity contribution in [2.75, 3.05) is 39.3 Å². The third kappa shape index (κ3) is 7.85. The summed E-state index contributed by atoms with van der Waals surface area (Å²) in [6.45, 7) is 9.96. The summed E-state index contributed by atoms with van der Waals surface area (Å²) in [5.41, 5.74) is 0. The Kier molecular flexibility index (Phi) is 10.9. The molecule has 0 aliphatic heterocycles. The predicted octanol–water partition coefficient (Wildman–Crippen LogP) is 0.803. The molecule has 0 saturated carbocycles. The number of hydrogen-bond donors (Lipinski definition) is 2. The third-order valence-electron chi connectivity index (χ3n) is 3.19. The van der Waals surface area contributed by atoms with Crippen LogP contribution in [0.25, 0.3) is 0 Å². The summed E-state index contributed by atoms with van der Waals surface area (Å²) in [5, 5.41) is 5.34. The van der Waals surface area contributed by atoms with Gasteiger partial charge in [0.1, 0.15) is 6.54 Å². The maximum Gasteiger partial charge on any atom is 0.318 e. The van der Waals surface area contributed by atoms with Crippen molar-refractivity contribution in [2.24, 2.45) is 0 Å². The summed E-state index contributed by atoms with van der Waals surface area (Å²) in [6.07, 6.45) is 1.60. The third-order valence-corrected chi connectivity index (χ3v) is 3.19. The van der Waals surface area contributed by atoms with E-state index in [1.165, 1.54) is 4.90 Å². The summed E-state index contributed by atoms with van der Waals surface area (Å²) in [7, 11) is 0. The lowest BCUT2D eigenvalue weighted by molar-refractivity contribution is -0.129. The van der Waals surface area contributed by atoms with E-state index >= 15 is 0 Å². The van der Waals surface area contributed by atoms with Crippen LogP contribution < -0.4 is 10.6 Å². The second-order valence-corrected chi connectivity index (χ2v) is 5.00. The molecule has 0 unspecified atom stereocenters. The van der Waals surface area contributed by atoms with Crippen LogP contribution >= 0.6 is 0 Å². The average molecular weight is 314 g/mol. The Balaban J connectivity index is 4.41. The molecule has 22 heavy (non-hydrogen) atoms. The molecule has 0 rings (SSSR count). The minimum atomic E-state index is -0.381. The average Bonchev–Trinajstić information content (AvgIpc) is 2.51. The normalized spacial score (nSPS) is 10.0. The van der Waals surface area contributed by atoms with Gasteiger partial charge in [-0.1, -0.05) is 13.8 Å². The Hall–Kier alpha value is -1.79. The van der Waals surface area contributed by atoms with Gasteiger partial charge in [0.15, 0.2) is 0 Å². The van der Waals surface area contributed by atoms with Gasteiger partial charge in [0.05, 0.1) is 6.54 Å². The lowest BCUT2D eigenvalue weighted by atomic mass is 10.4. The van der Waals surface area contributed by atoms with Crippen molar-refractivity contribution in [3.8, 4) is 0 Å². The number of rotatable bonds is 10. The summed E-state index contributed by atoms with van der Waals surface area (Å²) < 4.78 is 0. The van der Waals surface area contributed by atoms with Gasteiger partial charge >= 0.3 is 6.03 Å². The molecule has 0 spiro atoms.